The predicted molar refractivity (Wildman–Crippen MR) is 62.7 cm³/mol. The van der Waals surface area contributed by atoms with Crippen LogP contribution in [-0.2, 0) is 0 Å². The Morgan fingerprint density at radius 3 is 2.76 bits per heavy atom. The third-order valence-electron chi connectivity index (χ3n) is 2.85. The highest BCUT2D eigenvalue weighted by molar-refractivity contribution is 5.22. The van der Waals surface area contributed by atoms with E-state index < -0.39 is 4.92 Å². The molecule has 0 aliphatic carbocycles. The van der Waals surface area contributed by atoms with Crippen molar-refractivity contribution in [3.63, 3.8) is 0 Å². The van der Waals surface area contributed by atoms with Gasteiger partial charge in [0.1, 0.15) is 10.7 Å². The molecule has 2 rings (SSSR count). The Labute approximate surface area is 99.0 Å². The Balaban J connectivity index is 2.15. The molecule has 0 saturated carbocycles. The van der Waals surface area contributed by atoms with E-state index in [9.17, 15) is 10.1 Å². The van der Waals surface area contributed by atoms with E-state index in [0.717, 1.165) is 26.2 Å². The molecule has 1 aliphatic rings. The molecule has 2 heterocycles. The lowest BCUT2D eigenvalue weighted by Crippen LogP contribution is -2.44. The molecule has 1 aromatic heterocycles. The van der Waals surface area contributed by atoms with Crippen molar-refractivity contribution in [3.05, 3.63) is 40.7 Å². The Kier molecular flexibility index (Phi) is 3.55. The number of nitro groups is 1. The molecule has 0 bridgehead atoms. The van der Waals surface area contributed by atoms with Crippen LogP contribution in [0.15, 0.2) is 29.2 Å². The molecule has 1 N–H and O–H groups in total. The van der Waals surface area contributed by atoms with Gasteiger partial charge in [-0.15, -0.1) is 6.58 Å². The summed E-state index contributed by atoms with van der Waals surface area (Å²) in [7, 11) is 0. The molecule has 1 aliphatic heterocycles. The summed E-state index contributed by atoms with van der Waals surface area (Å²) in [5, 5.41) is 13.8. The van der Waals surface area contributed by atoms with Crippen molar-refractivity contribution in [3.8, 4) is 0 Å². The Morgan fingerprint density at radius 2 is 2.24 bits per heavy atom. The van der Waals surface area contributed by atoms with Crippen LogP contribution in [0.5, 0.6) is 0 Å². The monoisotopic (exact) mass is 237 g/mol. The lowest BCUT2D eigenvalue weighted by atomic mass is 10.1. The van der Waals surface area contributed by atoms with E-state index in [1.165, 1.54) is 6.07 Å². The van der Waals surface area contributed by atoms with Gasteiger partial charge in [0, 0.05) is 26.2 Å². The fourth-order valence-electron chi connectivity index (χ4n) is 2.00. The minimum Gasteiger partial charge on any atom is -0.404 e. The summed E-state index contributed by atoms with van der Waals surface area (Å²) in [5.74, 6) is 0.357. The van der Waals surface area contributed by atoms with Crippen LogP contribution < -0.4 is 5.32 Å². The van der Waals surface area contributed by atoms with Gasteiger partial charge < -0.3 is 9.73 Å². The zero-order valence-corrected chi connectivity index (χ0v) is 9.46. The fourth-order valence-corrected chi connectivity index (χ4v) is 2.00. The molecule has 17 heavy (non-hydrogen) atoms. The summed E-state index contributed by atoms with van der Waals surface area (Å²) in [6, 6.07) is 2.94. The minimum absolute atomic E-state index is 0.0919. The summed E-state index contributed by atoms with van der Waals surface area (Å²) in [6.45, 7) is 7.35. The van der Waals surface area contributed by atoms with Gasteiger partial charge in [-0.1, -0.05) is 6.08 Å². The highest BCUT2D eigenvalue weighted by Crippen LogP contribution is 2.27. The number of furan rings is 1. The van der Waals surface area contributed by atoms with Crippen LogP contribution in [0.2, 0.25) is 0 Å². The van der Waals surface area contributed by atoms with Crippen LogP contribution in [0.1, 0.15) is 11.8 Å². The molecule has 0 unspecified atom stereocenters. The third-order valence-corrected chi connectivity index (χ3v) is 2.85. The van der Waals surface area contributed by atoms with Crippen molar-refractivity contribution in [2.45, 2.75) is 6.04 Å². The molecule has 1 saturated heterocycles. The van der Waals surface area contributed by atoms with Crippen molar-refractivity contribution >= 4 is 5.88 Å². The van der Waals surface area contributed by atoms with Crippen LogP contribution in [0.25, 0.3) is 0 Å². The van der Waals surface area contributed by atoms with E-state index in [0.29, 0.717) is 5.76 Å². The minimum atomic E-state index is -0.526. The highest BCUT2D eigenvalue weighted by Gasteiger charge is 2.24. The van der Waals surface area contributed by atoms with E-state index in [4.69, 9.17) is 4.42 Å². The quantitative estimate of drug-likeness (QED) is 0.486. The van der Waals surface area contributed by atoms with E-state index >= 15 is 0 Å². The van der Waals surface area contributed by atoms with Crippen LogP contribution in [0, 0.1) is 10.1 Å². The first-order chi connectivity index (χ1) is 8.22. The van der Waals surface area contributed by atoms with Crippen molar-refractivity contribution in [2.24, 2.45) is 0 Å². The average Bonchev–Trinajstić information content (AvgIpc) is 2.81. The lowest BCUT2D eigenvalue weighted by Gasteiger charge is -2.31. The topological polar surface area (TPSA) is 71.5 Å². The predicted octanol–water partition coefficient (Wildman–Crippen LogP) is 1.32. The van der Waals surface area contributed by atoms with E-state index in [-0.39, 0.29) is 11.9 Å². The number of hydrogen-bond donors (Lipinski definition) is 1. The Bertz CT molecular complexity index is 410. The molecule has 1 atom stereocenters. The van der Waals surface area contributed by atoms with E-state index in [1.807, 2.05) is 0 Å². The molecule has 0 aromatic carbocycles. The van der Waals surface area contributed by atoms with Crippen molar-refractivity contribution in [1.29, 1.82) is 0 Å². The average molecular weight is 237 g/mol. The molecule has 6 nitrogen and oxygen atoms in total. The molecule has 0 amide bonds. The molecule has 1 aromatic rings. The molecule has 6 heteroatoms. The molecular weight excluding hydrogens is 222 g/mol. The van der Waals surface area contributed by atoms with Crippen molar-refractivity contribution in [1.82, 2.24) is 10.2 Å². The first kappa shape index (κ1) is 11.8. The normalized spacial score (nSPS) is 18.8. The largest absolute Gasteiger partial charge is 0.433 e. The van der Waals surface area contributed by atoms with Crippen LogP contribution in [0.3, 0.4) is 0 Å². The third kappa shape index (κ3) is 2.54. The van der Waals surface area contributed by atoms with Gasteiger partial charge in [0.25, 0.3) is 0 Å². The number of piperazine rings is 1. The Hall–Kier alpha value is -1.66. The first-order valence-corrected chi connectivity index (χ1v) is 5.54. The van der Waals surface area contributed by atoms with Crippen LogP contribution in [0.4, 0.5) is 5.88 Å². The van der Waals surface area contributed by atoms with Crippen LogP contribution >= 0.6 is 0 Å². The van der Waals surface area contributed by atoms with Crippen LogP contribution in [-0.4, -0.2) is 36.0 Å². The van der Waals surface area contributed by atoms with E-state index in [2.05, 4.69) is 16.8 Å². The van der Waals surface area contributed by atoms with E-state index in [1.54, 1.807) is 12.1 Å². The molecule has 0 spiro atoms. The summed E-state index contributed by atoms with van der Waals surface area (Å²) >= 11 is 0. The number of rotatable bonds is 4. The van der Waals surface area contributed by atoms with Gasteiger partial charge in [-0.2, -0.15) is 0 Å². The van der Waals surface area contributed by atoms with Gasteiger partial charge in [-0.05, 0) is 6.07 Å². The molecular formula is C11H15N3O3. The van der Waals surface area contributed by atoms with Crippen molar-refractivity contribution in [2.75, 3.05) is 26.2 Å². The maximum Gasteiger partial charge on any atom is 0.433 e. The van der Waals surface area contributed by atoms with Crippen molar-refractivity contribution < 1.29 is 9.34 Å². The maximum atomic E-state index is 10.6. The van der Waals surface area contributed by atoms with Gasteiger partial charge >= 0.3 is 5.88 Å². The number of hydrogen-bond acceptors (Lipinski definition) is 5. The van der Waals surface area contributed by atoms with Gasteiger partial charge in [0.15, 0.2) is 0 Å². The maximum absolute atomic E-state index is 10.6. The van der Waals surface area contributed by atoms with Gasteiger partial charge in [-0.25, -0.2) is 0 Å². The second kappa shape index (κ2) is 5.11. The molecule has 92 valence electrons. The highest BCUT2D eigenvalue weighted by atomic mass is 16.6. The summed E-state index contributed by atoms with van der Waals surface area (Å²) < 4.78 is 5.22. The number of nitrogens with zero attached hydrogens (tertiary/aromatic N) is 2. The zero-order valence-electron chi connectivity index (χ0n) is 9.46. The van der Waals surface area contributed by atoms with Gasteiger partial charge in [0.05, 0.1) is 12.1 Å². The summed E-state index contributed by atoms with van der Waals surface area (Å²) in [5.41, 5.74) is 0. The van der Waals surface area contributed by atoms with Gasteiger partial charge in [0.2, 0.25) is 0 Å². The SMILES string of the molecule is C=C[C@H](c1ccc([N+](=O)[O-])o1)N1CCNCC1. The Morgan fingerprint density at radius 1 is 1.53 bits per heavy atom. The zero-order chi connectivity index (χ0) is 12.3. The molecule has 1 fully saturated rings. The molecule has 0 radical (unpaired) electrons. The fraction of sp³-hybridized carbons (Fsp3) is 0.455. The first-order valence-electron chi connectivity index (χ1n) is 5.54. The second-order valence-corrected chi connectivity index (χ2v) is 3.90. The summed E-state index contributed by atoms with van der Waals surface area (Å²) in [6.07, 6.45) is 1.76. The van der Waals surface area contributed by atoms with Gasteiger partial charge in [-0.3, -0.25) is 15.0 Å². The second-order valence-electron chi connectivity index (χ2n) is 3.90. The number of nitrogens with one attached hydrogen (secondary N) is 1. The standard InChI is InChI=1S/C11H15N3O3/c1-2-9(13-7-5-12-6-8-13)10-3-4-11(17-10)14(15)16/h2-4,9,12H,1,5-8H2/t9-/m1/s1. The summed E-state index contributed by atoms with van der Waals surface area (Å²) in [4.78, 5) is 12.2. The lowest BCUT2D eigenvalue weighted by molar-refractivity contribution is -0.402. The smallest absolute Gasteiger partial charge is 0.404 e.